The average molecular weight is 693 g/mol. The number of rotatable bonds is 15. The van der Waals surface area contributed by atoms with E-state index >= 15 is 4.39 Å². The molecule has 1 saturated heterocycles. The van der Waals surface area contributed by atoms with Crippen molar-refractivity contribution >= 4 is 28.5 Å². The molecule has 2 fully saturated rings. The van der Waals surface area contributed by atoms with Crippen molar-refractivity contribution in [3.8, 4) is 16.9 Å². The summed E-state index contributed by atoms with van der Waals surface area (Å²) in [6.07, 6.45) is 11.1. The van der Waals surface area contributed by atoms with Crippen molar-refractivity contribution in [2.45, 2.75) is 82.3 Å². The topological polar surface area (TPSA) is 142 Å². The third kappa shape index (κ3) is 8.40. The van der Waals surface area contributed by atoms with Crippen LogP contribution in [0.4, 0.5) is 8.78 Å². The van der Waals surface area contributed by atoms with E-state index in [4.69, 9.17) is 28.5 Å². The third-order valence-corrected chi connectivity index (χ3v) is 10.4. The van der Waals surface area contributed by atoms with Crippen LogP contribution in [0.15, 0.2) is 53.5 Å². The lowest BCUT2D eigenvalue weighted by molar-refractivity contribution is 0.0741. The average Bonchev–Trinajstić information content (AvgIpc) is 3.88. The van der Waals surface area contributed by atoms with Crippen molar-refractivity contribution in [1.82, 2.24) is 24.8 Å². The summed E-state index contributed by atoms with van der Waals surface area (Å²) in [5.41, 5.74) is 15.3. The molecular formula is C37H47ClF2N8O. The van der Waals surface area contributed by atoms with E-state index in [9.17, 15) is 9.18 Å². The summed E-state index contributed by atoms with van der Waals surface area (Å²) in [6, 6.07) is 13.8. The van der Waals surface area contributed by atoms with E-state index in [-0.39, 0.29) is 36.4 Å². The largest absolute Gasteiger partial charge is 0.373 e. The smallest absolute Gasteiger partial charge is 0.354 e. The molecule has 0 radical (unpaired) electrons. The van der Waals surface area contributed by atoms with Crippen molar-refractivity contribution in [2.75, 3.05) is 26.3 Å². The van der Waals surface area contributed by atoms with Crippen LogP contribution < -0.4 is 22.5 Å². The number of H-pyrrole nitrogens is 1. The number of nitrogens with zero attached hydrogens (tertiary/aromatic N) is 3. The molecule has 1 aliphatic heterocycles. The lowest BCUT2D eigenvalue weighted by atomic mass is 9.89. The van der Waals surface area contributed by atoms with Gasteiger partial charge in [0.15, 0.2) is 5.82 Å². The van der Waals surface area contributed by atoms with E-state index in [1.807, 2.05) is 30.3 Å². The molecule has 2 aromatic heterocycles. The van der Waals surface area contributed by atoms with E-state index in [0.717, 1.165) is 56.1 Å². The lowest BCUT2D eigenvalue weighted by Gasteiger charge is -2.43. The zero-order valence-electron chi connectivity index (χ0n) is 27.9. The first kappa shape index (κ1) is 35.2. The summed E-state index contributed by atoms with van der Waals surface area (Å²) >= 11 is 6.33. The highest BCUT2D eigenvalue weighted by molar-refractivity contribution is 6.31. The number of amidine groups is 1. The van der Waals surface area contributed by atoms with Crippen LogP contribution in [-0.2, 0) is 6.42 Å². The molecule has 3 heterocycles. The second-order valence-corrected chi connectivity index (χ2v) is 14.0. The second-order valence-electron chi connectivity index (χ2n) is 13.6. The van der Waals surface area contributed by atoms with Gasteiger partial charge in [-0.15, -0.1) is 0 Å². The van der Waals surface area contributed by atoms with Crippen molar-refractivity contribution < 1.29 is 8.78 Å². The maximum absolute atomic E-state index is 15.3. The normalized spacial score (nSPS) is 19.0. The number of hydrogen-bond donors (Lipinski definition) is 5. The van der Waals surface area contributed by atoms with Gasteiger partial charge in [-0.25, -0.2) is 9.18 Å². The quantitative estimate of drug-likeness (QED) is 0.0721. The van der Waals surface area contributed by atoms with Crippen molar-refractivity contribution in [2.24, 2.45) is 17.4 Å². The molecule has 6 rings (SSSR count). The number of halogens is 3. The van der Waals surface area contributed by atoms with Gasteiger partial charge in [0.25, 0.3) is 0 Å². The number of nitrogens with one attached hydrogen (secondary N) is 3. The van der Waals surface area contributed by atoms with Gasteiger partial charge in [-0.1, -0.05) is 23.7 Å². The third-order valence-electron chi connectivity index (χ3n) is 10.1. The highest BCUT2D eigenvalue weighted by atomic mass is 35.5. The Morgan fingerprint density at radius 2 is 1.94 bits per heavy atom. The molecule has 1 aliphatic carbocycles. The van der Waals surface area contributed by atoms with Crippen LogP contribution in [0.2, 0.25) is 5.02 Å². The fraction of sp³-hybridized carbons (Fsp3) is 0.486. The number of fused-ring (bicyclic) bond motifs is 1. The first-order chi connectivity index (χ1) is 23.7. The molecule has 9 nitrogen and oxygen atoms in total. The molecule has 0 amide bonds. The number of hydrogen-bond acceptors (Lipinski definition) is 6. The Balaban J connectivity index is 1.20. The van der Waals surface area contributed by atoms with Gasteiger partial charge in [0.05, 0.1) is 29.6 Å². The molecule has 0 spiro atoms. The van der Waals surface area contributed by atoms with Crippen LogP contribution in [-0.4, -0.2) is 63.7 Å². The summed E-state index contributed by atoms with van der Waals surface area (Å²) in [6.45, 7) is 1.12. The van der Waals surface area contributed by atoms with Crippen LogP contribution >= 0.6 is 11.6 Å². The minimum absolute atomic E-state index is 0.0570. The Labute approximate surface area is 290 Å². The maximum Gasteiger partial charge on any atom is 0.354 e. The van der Waals surface area contributed by atoms with Crippen molar-refractivity contribution in [1.29, 1.82) is 5.41 Å². The van der Waals surface area contributed by atoms with Crippen LogP contribution in [0, 0.1) is 17.1 Å². The summed E-state index contributed by atoms with van der Waals surface area (Å²) in [4.78, 5) is 23.0. The number of benzene rings is 2. The summed E-state index contributed by atoms with van der Waals surface area (Å²) in [7, 11) is 0. The number of piperidine rings is 1. The Morgan fingerprint density at radius 1 is 1.14 bits per heavy atom. The van der Waals surface area contributed by atoms with Gasteiger partial charge in [-0.05, 0) is 112 Å². The molecule has 1 saturated carbocycles. The minimum Gasteiger partial charge on any atom is -0.373 e. The Bertz CT molecular complexity index is 1800. The number of aromatic amines is 1. The molecule has 2 aromatic carbocycles. The molecule has 1 unspecified atom stereocenters. The summed E-state index contributed by atoms with van der Waals surface area (Å²) in [5, 5.41) is 11.6. The fourth-order valence-corrected chi connectivity index (χ4v) is 7.55. The van der Waals surface area contributed by atoms with E-state index in [2.05, 4.69) is 20.2 Å². The monoisotopic (exact) mass is 692 g/mol. The number of likely N-dealkylation sites (tertiary alicyclic amines) is 1. The number of nitrogens with two attached hydrogens (primary N) is 2. The summed E-state index contributed by atoms with van der Waals surface area (Å²) < 4.78 is 30.1. The van der Waals surface area contributed by atoms with E-state index in [0.29, 0.717) is 59.2 Å². The highest BCUT2D eigenvalue weighted by Gasteiger charge is 2.31. The van der Waals surface area contributed by atoms with Crippen molar-refractivity contribution in [3.63, 3.8) is 0 Å². The molecule has 7 N–H and O–H groups in total. The zero-order valence-corrected chi connectivity index (χ0v) is 28.6. The zero-order chi connectivity index (χ0) is 34.5. The SMILES string of the molecule is N=C(CN)NCC[C@@H]1CCC[C@@H](c2ccc(-n3cc4cc(-c5cc(CCCC(N)C6CC6)cc(Cl)c5F)[nH]c4nc3=O)cc2)N1CCCF. The van der Waals surface area contributed by atoms with Gasteiger partial charge >= 0.3 is 5.69 Å². The molecular weight excluding hydrogens is 646 g/mol. The molecule has 262 valence electrons. The Hall–Kier alpha value is -3.64. The lowest BCUT2D eigenvalue weighted by Crippen LogP contribution is -2.44. The van der Waals surface area contributed by atoms with Crippen LogP contribution in [0.5, 0.6) is 0 Å². The molecule has 0 bridgehead atoms. The Morgan fingerprint density at radius 3 is 2.67 bits per heavy atom. The highest BCUT2D eigenvalue weighted by Crippen LogP contribution is 2.37. The van der Waals surface area contributed by atoms with E-state index in [1.54, 1.807) is 18.3 Å². The van der Waals surface area contributed by atoms with Gasteiger partial charge in [0.1, 0.15) is 11.5 Å². The Kier molecular flexibility index (Phi) is 11.4. The molecule has 4 aromatic rings. The first-order valence-electron chi connectivity index (χ1n) is 17.6. The number of aromatic nitrogens is 3. The van der Waals surface area contributed by atoms with Crippen LogP contribution in [0.3, 0.4) is 0 Å². The second kappa shape index (κ2) is 15.9. The van der Waals surface area contributed by atoms with Crippen LogP contribution in [0.1, 0.15) is 75.0 Å². The first-order valence-corrected chi connectivity index (χ1v) is 17.9. The standard InChI is InChI=1S/C37H47ClF2N8O/c38-30-19-23(4-1-6-31(42)24-8-9-24)18-29(35(30)40)32-20-26-22-48(37(49)46-36(26)45-32)28-12-10-25(11-13-28)33-7-2-5-27(47(33)17-3-15-39)14-16-44-34(43)21-41/h10-13,18-20,22,24,27,31,33H,1-9,14-17,21,41-42H2,(H2,43,44)(H,45,46,49)/t27-,31?,33-/m0/s1. The van der Waals surface area contributed by atoms with E-state index in [1.165, 1.54) is 17.4 Å². The van der Waals surface area contributed by atoms with Gasteiger partial charge in [0.2, 0.25) is 0 Å². The van der Waals surface area contributed by atoms with Gasteiger partial charge in [0, 0.05) is 48.4 Å². The van der Waals surface area contributed by atoms with E-state index < -0.39 is 11.5 Å². The predicted molar refractivity (Wildman–Crippen MR) is 193 cm³/mol. The van der Waals surface area contributed by atoms with Crippen LogP contribution in [0.25, 0.3) is 28.0 Å². The maximum atomic E-state index is 15.3. The molecule has 2 aliphatic rings. The fourth-order valence-electron chi connectivity index (χ4n) is 7.31. The predicted octanol–water partition coefficient (Wildman–Crippen LogP) is 6.40. The molecule has 49 heavy (non-hydrogen) atoms. The van der Waals surface area contributed by atoms with Gasteiger partial charge < -0.3 is 21.8 Å². The van der Waals surface area contributed by atoms with Gasteiger partial charge in [-0.2, -0.15) is 4.98 Å². The molecule has 12 heteroatoms. The van der Waals surface area contributed by atoms with Gasteiger partial charge in [-0.3, -0.25) is 19.3 Å². The molecule has 3 atom stereocenters. The van der Waals surface area contributed by atoms with Crippen molar-refractivity contribution in [3.05, 3.63) is 81.1 Å². The number of alkyl halides is 1. The minimum atomic E-state index is -0.519. The number of aryl methyl sites for hydroxylation is 1. The summed E-state index contributed by atoms with van der Waals surface area (Å²) in [5.74, 6) is 0.442.